The number of nitrogens with one attached hydrogen (secondary N) is 4. The number of likely N-dealkylation sites (N-methyl/N-ethyl adjacent to an activating group) is 1. The van der Waals surface area contributed by atoms with Gasteiger partial charge in [-0.25, -0.2) is 0 Å². The summed E-state index contributed by atoms with van der Waals surface area (Å²) in [5.74, 6) is -1.66. The predicted molar refractivity (Wildman–Crippen MR) is 160 cm³/mol. The second-order valence-corrected chi connectivity index (χ2v) is 12.0. The summed E-state index contributed by atoms with van der Waals surface area (Å²) in [4.78, 5) is 69.7. The van der Waals surface area contributed by atoms with Crippen LogP contribution in [0.15, 0.2) is 24.3 Å². The Labute approximate surface area is 249 Å². The maximum absolute atomic E-state index is 13.5. The molecule has 234 valence electrons. The molecule has 42 heavy (non-hydrogen) atoms. The first-order valence-corrected chi connectivity index (χ1v) is 14.5. The van der Waals surface area contributed by atoms with Crippen LogP contribution in [0.25, 0.3) is 0 Å². The molecule has 0 bridgehead atoms. The number of carbonyl (C=O) groups excluding carboxylic acids is 5. The third kappa shape index (κ3) is 11.0. The lowest BCUT2D eigenvalue weighted by atomic mass is 10.0. The van der Waals surface area contributed by atoms with Gasteiger partial charge in [0.25, 0.3) is 0 Å². The fourth-order valence-electron chi connectivity index (χ4n) is 4.57. The minimum absolute atomic E-state index is 0.0515. The van der Waals surface area contributed by atoms with Crippen molar-refractivity contribution in [2.24, 2.45) is 11.8 Å². The summed E-state index contributed by atoms with van der Waals surface area (Å²) in [6, 6.07) is 3.75. The predicted octanol–water partition coefficient (Wildman–Crippen LogP) is 0.303. The van der Waals surface area contributed by atoms with Crippen LogP contribution in [0.4, 0.5) is 0 Å². The van der Waals surface area contributed by atoms with Gasteiger partial charge in [0.2, 0.25) is 29.5 Å². The Balaban J connectivity index is 2.47. The van der Waals surface area contributed by atoms with Gasteiger partial charge < -0.3 is 35.8 Å². The third-order valence-electron chi connectivity index (χ3n) is 7.03. The smallest absolute Gasteiger partial charge is 0.243 e. The number of methoxy groups -OCH3 is 1. The van der Waals surface area contributed by atoms with E-state index in [2.05, 4.69) is 21.3 Å². The number of benzene rings is 1. The van der Waals surface area contributed by atoms with E-state index in [1.807, 2.05) is 27.7 Å². The lowest BCUT2D eigenvalue weighted by molar-refractivity contribution is -0.138. The van der Waals surface area contributed by atoms with Crippen molar-refractivity contribution < 1.29 is 28.7 Å². The second kappa shape index (κ2) is 16.1. The molecule has 0 saturated carbocycles. The molecule has 4 N–H and O–H groups in total. The van der Waals surface area contributed by atoms with E-state index in [1.165, 1.54) is 4.90 Å². The van der Waals surface area contributed by atoms with Gasteiger partial charge in [-0.3, -0.25) is 24.0 Å². The van der Waals surface area contributed by atoms with Crippen molar-refractivity contribution in [2.45, 2.75) is 71.6 Å². The highest BCUT2D eigenvalue weighted by molar-refractivity contribution is 5.95. The molecule has 1 aromatic rings. The van der Waals surface area contributed by atoms with E-state index in [1.54, 1.807) is 57.3 Å². The fraction of sp³-hybridized carbons (Fsp3) is 0.633. The number of carbonyl (C=O) groups is 5. The van der Waals surface area contributed by atoms with Gasteiger partial charge in [0.05, 0.1) is 20.2 Å². The molecule has 12 heteroatoms. The molecule has 1 aliphatic heterocycles. The number of amides is 5. The SMILES string of the molecule is COc1ccc(C[C@@H]2NC(=O)[C@H](CC(C)C)NC(=O)CN(C(=O)CN(C)C)C[C@H](C(C)C)NC(=O)[C@@H](C)NC2=O)cc1. The molecule has 12 nitrogen and oxygen atoms in total. The van der Waals surface area contributed by atoms with E-state index in [0.29, 0.717) is 12.2 Å². The van der Waals surface area contributed by atoms with Crippen LogP contribution in [0, 0.1) is 11.8 Å². The van der Waals surface area contributed by atoms with E-state index >= 15 is 0 Å². The third-order valence-corrected chi connectivity index (χ3v) is 7.03. The van der Waals surface area contributed by atoms with Gasteiger partial charge in [0.15, 0.2) is 0 Å². The maximum atomic E-state index is 13.5. The van der Waals surface area contributed by atoms with Crippen LogP contribution in [0.3, 0.4) is 0 Å². The van der Waals surface area contributed by atoms with Gasteiger partial charge >= 0.3 is 0 Å². The van der Waals surface area contributed by atoms with Crippen LogP contribution in [-0.2, 0) is 30.4 Å². The maximum Gasteiger partial charge on any atom is 0.243 e. The molecular formula is C30H48N6O6. The van der Waals surface area contributed by atoms with Crippen molar-refractivity contribution in [1.82, 2.24) is 31.1 Å². The van der Waals surface area contributed by atoms with Crippen molar-refractivity contribution in [2.75, 3.05) is 40.8 Å². The Kier molecular flexibility index (Phi) is 13.2. The average molecular weight is 589 g/mol. The summed E-state index contributed by atoms with van der Waals surface area (Å²) in [5, 5.41) is 11.3. The van der Waals surface area contributed by atoms with Gasteiger partial charge in [0, 0.05) is 19.0 Å². The monoisotopic (exact) mass is 588 g/mol. The zero-order valence-corrected chi connectivity index (χ0v) is 26.2. The van der Waals surface area contributed by atoms with Crippen molar-refractivity contribution in [1.29, 1.82) is 0 Å². The first-order chi connectivity index (χ1) is 19.7. The normalized spacial score (nSPS) is 23.1. The van der Waals surface area contributed by atoms with Crippen molar-refractivity contribution in [3.05, 3.63) is 29.8 Å². The Morgan fingerprint density at radius 3 is 2.10 bits per heavy atom. The molecule has 0 radical (unpaired) electrons. The average Bonchev–Trinajstić information content (AvgIpc) is 2.90. The quantitative estimate of drug-likeness (QED) is 0.341. The van der Waals surface area contributed by atoms with Crippen molar-refractivity contribution >= 4 is 29.5 Å². The number of hydrogen-bond acceptors (Lipinski definition) is 7. The van der Waals surface area contributed by atoms with Gasteiger partial charge in [-0.15, -0.1) is 0 Å². The molecular weight excluding hydrogens is 540 g/mol. The molecule has 4 atom stereocenters. The summed E-state index contributed by atoms with van der Waals surface area (Å²) in [6.45, 7) is 9.11. The van der Waals surface area contributed by atoms with Crippen molar-refractivity contribution in [3.63, 3.8) is 0 Å². The molecule has 1 aliphatic rings. The van der Waals surface area contributed by atoms with Crippen LogP contribution in [0.1, 0.15) is 46.6 Å². The van der Waals surface area contributed by atoms with E-state index in [9.17, 15) is 24.0 Å². The van der Waals surface area contributed by atoms with Crippen LogP contribution in [-0.4, -0.2) is 104 Å². The highest BCUT2D eigenvalue weighted by Crippen LogP contribution is 2.14. The molecule has 1 aromatic carbocycles. The van der Waals surface area contributed by atoms with Gasteiger partial charge in [-0.2, -0.15) is 0 Å². The summed E-state index contributed by atoms with van der Waals surface area (Å²) in [7, 11) is 5.06. The first kappa shape index (κ1) is 34.5. The number of hydrogen-bond donors (Lipinski definition) is 4. The zero-order chi connectivity index (χ0) is 31.6. The molecule has 1 heterocycles. The Bertz CT molecular complexity index is 1090. The van der Waals surface area contributed by atoms with E-state index in [4.69, 9.17) is 4.74 Å². The largest absolute Gasteiger partial charge is 0.497 e. The zero-order valence-electron chi connectivity index (χ0n) is 26.2. The standard InChI is InChI=1S/C30H48N6O6/c1-18(2)13-23-30(41)33-24(14-21-9-11-22(42-8)12-10-21)29(40)31-20(5)28(39)34-25(19(3)4)15-36(16-26(37)32-23)27(38)17-35(6)7/h9-12,18-20,23-25H,13-17H2,1-8H3,(H,31,40)(H,32,37)(H,33,41)(H,34,39)/t20-,23+,24+,25-/m1/s1. The molecule has 0 aliphatic carbocycles. The lowest BCUT2D eigenvalue weighted by Gasteiger charge is -2.32. The lowest BCUT2D eigenvalue weighted by Crippen LogP contribution is -2.57. The Morgan fingerprint density at radius 1 is 0.929 bits per heavy atom. The molecule has 0 unspecified atom stereocenters. The second-order valence-electron chi connectivity index (χ2n) is 12.0. The summed E-state index contributed by atoms with van der Waals surface area (Å²) in [5.41, 5.74) is 0.769. The van der Waals surface area contributed by atoms with Crippen LogP contribution >= 0.6 is 0 Å². The van der Waals surface area contributed by atoms with E-state index in [0.717, 1.165) is 5.56 Å². The molecule has 1 saturated heterocycles. The molecule has 0 spiro atoms. The van der Waals surface area contributed by atoms with Crippen LogP contribution < -0.4 is 26.0 Å². The van der Waals surface area contributed by atoms with Gasteiger partial charge in [0.1, 0.15) is 23.9 Å². The minimum Gasteiger partial charge on any atom is -0.497 e. The Hall–Kier alpha value is -3.67. The van der Waals surface area contributed by atoms with Crippen molar-refractivity contribution in [3.8, 4) is 5.75 Å². The minimum atomic E-state index is -1.02. The molecule has 1 fully saturated rings. The topological polar surface area (TPSA) is 149 Å². The highest BCUT2D eigenvalue weighted by atomic mass is 16.5. The fourth-order valence-corrected chi connectivity index (χ4v) is 4.57. The molecule has 5 amide bonds. The highest BCUT2D eigenvalue weighted by Gasteiger charge is 2.32. The van der Waals surface area contributed by atoms with Gasteiger partial charge in [-0.05, 0) is 57.0 Å². The first-order valence-electron chi connectivity index (χ1n) is 14.5. The molecule has 0 aromatic heterocycles. The summed E-state index contributed by atoms with van der Waals surface area (Å²) >= 11 is 0. The van der Waals surface area contributed by atoms with Gasteiger partial charge in [-0.1, -0.05) is 39.8 Å². The summed E-state index contributed by atoms with van der Waals surface area (Å²) < 4.78 is 5.22. The number of ether oxygens (including phenoxy) is 1. The summed E-state index contributed by atoms with van der Waals surface area (Å²) in [6.07, 6.45) is 0.477. The number of nitrogens with zero attached hydrogens (tertiary/aromatic N) is 2. The Morgan fingerprint density at radius 2 is 1.55 bits per heavy atom. The van der Waals surface area contributed by atoms with Crippen LogP contribution in [0.5, 0.6) is 5.75 Å². The van der Waals surface area contributed by atoms with E-state index in [-0.39, 0.29) is 43.8 Å². The van der Waals surface area contributed by atoms with Crippen LogP contribution in [0.2, 0.25) is 0 Å². The molecule has 2 rings (SSSR count). The van der Waals surface area contributed by atoms with E-state index < -0.39 is 47.8 Å². The number of rotatable bonds is 8.